The van der Waals surface area contributed by atoms with E-state index in [1.54, 1.807) is 38.1 Å². The molecule has 2 atom stereocenters. The van der Waals surface area contributed by atoms with Gasteiger partial charge in [0.1, 0.15) is 25.3 Å². The summed E-state index contributed by atoms with van der Waals surface area (Å²) in [7, 11) is 0. The van der Waals surface area contributed by atoms with Crippen LogP contribution in [0.15, 0.2) is 36.4 Å². The number of imide groups is 1. The Hall–Kier alpha value is -4.91. The summed E-state index contributed by atoms with van der Waals surface area (Å²) in [5, 5.41) is 10.6. The summed E-state index contributed by atoms with van der Waals surface area (Å²) in [4.78, 5) is 87.0. The quantitative estimate of drug-likeness (QED) is 0.0457. The topological polar surface area (TPSA) is 243 Å². The van der Waals surface area contributed by atoms with Crippen LogP contribution in [0.25, 0.3) is 0 Å². The number of ether oxygens (including phenoxy) is 5. The molecule has 0 fully saturated rings. The van der Waals surface area contributed by atoms with E-state index in [-0.39, 0.29) is 89.5 Å². The minimum absolute atomic E-state index is 0.0770. The van der Waals surface area contributed by atoms with Crippen molar-refractivity contribution in [3.8, 4) is 0 Å². The molecule has 2 rings (SSSR count). The molecule has 0 spiro atoms. The molecule has 1 aliphatic rings. The molecule has 1 heterocycles. The van der Waals surface area contributed by atoms with E-state index in [0.29, 0.717) is 31.7 Å². The van der Waals surface area contributed by atoms with Gasteiger partial charge < -0.3 is 50.7 Å². The smallest absolute Gasteiger partial charge is 0.312 e. The summed E-state index contributed by atoms with van der Waals surface area (Å²) >= 11 is 0. The van der Waals surface area contributed by atoms with E-state index in [2.05, 4.69) is 21.3 Å². The number of esters is 1. The van der Waals surface area contributed by atoms with Crippen molar-refractivity contribution < 1.29 is 57.2 Å². The van der Waals surface area contributed by atoms with Gasteiger partial charge in [0.15, 0.2) is 0 Å². The highest BCUT2D eigenvalue weighted by Crippen LogP contribution is 2.22. The number of rotatable bonds is 28. The maximum absolute atomic E-state index is 13.4. The average molecular weight is 791 g/mol. The first-order chi connectivity index (χ1) is 26.6. The molecule has 0 unspecified atom stereocenters. The minimum Gasteiger partial charge on any atom is -0.460 e. The SMILES string of the molecule is CCC(C)(C)C(=O)OCc1ccc(NC(=O)[C@H](CCCNC(N)=O)NC(=O)[C@@H](NC(=O)COCCOCCOCCOCCN2C(=O)C=CC2=O)C(C)C)cc1. The van der Waals surface area contributed by atoms with E-state index in [1.807, 2.05) is 20.8 Å². The second-order valence-electron chi connectivity index (χ2n) is 13.8. The zero-order valence-electron chi connectivity index (χ0n) is 33.0. The van der Waals surface area contributed by atoms with Gasteiger partial charge in [-0.05, 0) is 56.7 Å². The maximum atomic E-state index is 13.4. The Bertz CT molecular complexity index is 1470. The number of primary amides is 1. The molecular formula is C38H58N6O12. The number of hydrogen-bond acceptors (Lipinski definition) is 12. The molecule has 1 aliphatic heterocycles. The van der Waals surface area contributed by atoms with Crippen LogP contribution in [0.2, 0.25) is 0 Å². The second-order valence-corrected chi connectivity index (χ2v) is 13.8. The fourth-order valence-electron chi connectivity index (χ4n) is 4.83. The van der Waals surface area contributed by atoms with Gasteiger partial charge >= 0.3 is 12.0 Å². The molecule has 0 aliphatic carbocycles. The van der Waals surface area contributed by atoms with E-state index >= 15 is 0 Å². The number of carbonyl (C=O) groups is 7. The van der Waals surface area contributed by atoms with E-state index in [1.165, 1.54) is 12.2 Å². The number of carbonyl (C=O) groups excluding carboxylic acids is 7. The first-order valence-corrected chi connectivity index (χ1v) is 18.7. The van der Waals surface area contributed by atoms with Gasteiger partial charge in [0.25, 0.3) is 11.8 Å². The van der Waals surface area contributed by atoms with E-state index < -0.39 is 41.3 Å². The molecule has 0 saturated heterocycles. The van der Waals surface area contributed by atoms with E-state index in [9.17, 15) is 33.6 Å². The van der Waals surface area contributed by atoms with Crippen LogP contribution < -0.4 is 27.0 Å². The Morgan fingerprint density at radius 2 is 1.38 bits per heavy atom. The molecule has 56 heavy (non-hydrogen) atoms. The van der Waals surface area contributed by atoms with Crippen LogP contribution >= 0.6 is 0 Å². The van der Waals surface area contributed by atoms with Gasteiger partial charge in [0, 0.05) is 24.4 Å². The van der Waals surface area contributed by atoms with Crippen molar-refractivity contribution >= 4 is 47.2 Å². The Kier molecular flexibility index (Phi) is 21.3. The largest absolute Gasteiger partial charge is 0.460 e. The van der Waals surface area contributed by atoms with Gasteiger partial charge in [-0.1, -0.05) is 32.9 Å². The lowest BCUT2D eigenvalue weighted by Crippen LogP contribution is -2.55. The van der Waals surface area contributed by atoms with Crippen LogP contribution in [0.5, 0.6) is 0 Å². The molecule has 0 aromatic heterocycles. The summed E-state index contributed by atoms with van der Waals surface area (Å²) in [6, 6.07) is 4.02. The number of nitrogens with two attached hydrogens (primary N) is 1. The van der Waals surface area contributed by atoms with Crippen molar-refractivity contribution in [1.82, 2.24) is 20.9 Å². The standard InChI is InChI=1S/C38H58N6O12/c1-6-38(4,5)36(50)56-24-27-9-11-28(12-10-27)41-34(48)29(8-7-15-40-37(39)51)42-35(49)33(26(2)3)43-30(45)25-55-23-22-54-21-20-53-19-18-52-17-16-44-31(46)13-14-32(44)47/h9-14,26,29,33H,6-8,15-25H2,1-5H3,(H,41,48)(H,42,49)(H,43,45)(H3,39,40,51)/t29-,33-/m0/s1. The number of urea groups is 1. The molecule has 0 saturated carbocycles. The number of nitrogens with one attached hydrogen (secondary N) is 4. The van der Waals surface area contributed by atoms with Gasteiger partial charge in [0.2, 0.25) is 17.7 Å². The van der Waals surface area contributed by atoms with Crippen molar-refractivity contribution in [2.24, 2.45) is 17.1 Å². The maximum Gasteiger partial charge on any atom is 0.312 e. The normalized spacial score (nSPS) is 13.7. The van der Waals surface area contributed by atoms with Gasteiger partial charge in [-0.3, -0.25) is 33.7 Å². The Morgan fingerprint density at radius 3 is 1.93 bits per heavy atom. The van der Waals surface area contributed by atoms with Gasteiger partial charge in [-0.25, -0.2) is 4.79 Å². The van der Waals surface area contributed by atoms with Crippen LogP contribution in [-0.2, 0) is 59.1 Å². The third kappa shape index (κ3) is 18.1. The monoisotopic (exact) mass is 790 g/mol. The van der Waals surface area contributed by atoms with Gasteiger partial charge in [0.05, 0.1) is 58.2 Å². The third-order valence-corrected chi connectivity index (χ3v) is 8.60. The van der Waals surface area contributed by atoms with Gasteiger partial charge in [-0.15, -0.1) is 0 Å². The lowest BCUT2D eigenvalue weighted by molar-refractivity contribution is -0.155. The molecule has 18 heteroatoms. The number of benzene rings is 1. The zero-order valence-corrected chi connectivity index (χ0v) is 33.0. The molecule has 18 nitrogen and oxygen atoms in total. The van der Waals surface area contributed by atoms with Gasteiger partial charge in [-0.2, -0.15) is 0 Å². The summed E-state index contributed by atoms with van der Waals surface area (Å²) < 4.78 is 27.0. The highest BCUT2D eigenvalue weighted by atomic mass is 16.6. The van der Waals surface area contributed by atoms with Crippen molar-refractivity contribution in [2.45, 2.75) is 72.6 Å². The second kappa shape index (κ2) is 25.3. The lowest BCUT2D eigenvalue weighted by atomic mass is 9.91. The predicted molar refractivity (Wildman–Crippen MR) is 204 cm³/mol. The Labute approximate surface area is 327 Å². The molecule has 312 valence electrons. The lowest BCUT2D eigenvalue weighted by Gasteiger charge is -2.25. The molecule has 7 amide bonds. The van der Waals surface area contributed by atoms with Crippen LogP contribution in [0.4, 0.5) is 10.5 Å². The molecule has 6 N–H and O–H groups in total. The van der Waals surface area contributed by atoms with Crippen molar-refractivity contribution in [3.05, 3.63) is 42.0 Å². The highest BCUT2D eigenvalue weighted by Gasteiger charge is 2.29. The van der Waals surface area contributed by atoms with Crippen molar-refractivity contribution in [2.75, 3.05) is 71.3 Å². The summed E-state index contributed by atoms with van der Waals surface area (Å²) in [6.45, 7) is 10.8. The Morgan fingerprint density at radius 1 is 0.804 bits per heavy atom. The van der Waals surface area contributed by atoms with Crippen molar-refractivity contribution in [1.29, 1.82) is 0 Å². The first-order valence-electron chi connectivity index (χ1n) is 18.7. The fraction of sp³-hybridized carbons (Fsp3) is 0.605. The fourth-order valence-corrected chi connectivity index (χ4v) is 4.83. The molecule has 1 aromatic carbocycles. The highest BCUT2D eigenvalue weighted by molar-refractivity contribution is 6.12. The van der Waals surface area contributed by atoms with Crippen molar-refractivity contribution in [3.63, 3.8) is 0 Å². The number of amides is 7. The van der Waals surface area contributed by atoms with E-state index in [0.717, 1.165) is 10.5 Å². The number of anilines is 1. The van der Waals surface area contributed by atoms with Crippen LogP contribution in [0.3, 0.4) is 0 Å². The van der Waals surface area contributed by atoms with Crippen LogP contribution in [0, 0.1) is 11.3 Å². The summed E-state index contributed by atoms with van der Waals surface area (Å²) in [5.41, 5.74) is 5.73. The Balaban J connectivity index is 1.75. The average Bonchev–Trinajstić information content (AvgIpc) is 3.48. The summed E-state index contributed by atoms with van der Waals surface area (Å²) in [5.74, 6) is -2.98. The molecular weight excluding hydrogens is 732 g/mol. The van der Waals surface area contributed by atoms with Crippen LogP contribution in [0.1, 0.15) is 59.4 Å². The zero-order chi connectivity index (χ0) is 41.5. The van der Waals surface area contributed by atoms with E-state index in [4.69, 9.17) is 29.4 Å². The number of nitrogens with zero attached hydrogens (tertiary/aromatic N) is 1. The first kappa shape index (κ1) is 47.2. The van der Waals surface area contributed by atoms with Crippen LogP contribution in [-0.4, -0.2) is 124 Å². The molecule has 0 radical (unpaired) electrons. The third-order valence-electron chi connectivity index (χ3n) is 8.60. The predicted octanol–water partition coefficient (Wildman–Crippen LogP) is 1.17. The minimum atomic E-state index is -1.02. The molecule has 0 bridgehead atoms. The molecule has 1 aromatic rings. The number of hydrogen-bond donors (Lipinski definition) is 5. The summed E-state index contributed by atoms with van der Waals surface area (Å²) in [6.07, 6.45) is 3.55.